The molecular weight excluding hydrogens is 344 g/mol. The topological polar surface area (TPSA) is 59.0 Å². The van der Waals surface area contributed by atoms with Crippen molar-refractivity contribution < 1.29 is 13.2 Å². The number of aryl methyl sites for hydroxylation is 1. The highest BCUT2D eigenvalue weighted by molar-refractivity contribution is 8.13. The van der Waals surface area contributed by atoms with Crippen LogP contribution in [0.1, 0.15) is 5.56 Å². The van der Waals surface area contributed by atoms with Crippen molar-refractivity contribution in [3.05, 3.63) is 42.5 Å². The largest absolute Gasteiger partial charge is 0.497 e. The van der Waals surface area contributed by atoms with E-state index in [9.17, 15) is 8.42 Å². The van der Waals surface area contributed by atoms with E-state index in [4.69, 9.17) is 4.74 Å². The molecule has 0 aromatic heterocycles. The third kappa shape index (κ3) is 3.78. The summed E-state index contributed by atoms with van der Waals surface area (Å²) in [5.74, 6) is 2.15. The van der Waals surface area contributed by atoms with Gasteiger partial charge in [-0.05, 0) is 24.1 Å². The smallest absolute Gasteiger partial charge is 0.160 e. The Morgan fingerprint density at radius 2 is 2.12 bits per heavy atom. The first-order valence-electron chi connectivity index (χ1n) is 7.94. The number of hydrogen-bond acceptors (Lipinski definition) is 6. The maximum absolute atomic E-state index is 11.8. The highest BCUT2D eigenvalue weighted by Gasteiger charge is 2.45. The Bertz CT molecular complexity index is 729. The molecule has 130 valence electrons. The van der Waals surface area contributed by atoms with Crippen LogP contribution in [0.3, 0.4) is 0 Å². The minimum absolute atomic E-state index is 0.0171. The Balaban J connectivity index is 1.60. The number of hydrogen-bond donors (Lipinski definition) is 0. The summed E-state index contributed by atoms with van der Waals surface area (Å²) >= 11 is 1.70. The van der Waals surface area contributed by atoms with Crippen LogP contribution >= 0.6 is 11.8 Å². The second kappa shape index (κ2) is 7.19. The molecule has 0 unspecified atom stereocenters. The predicted molar refractivity (Wildman–Crippen MR) is 99.7 cm³/mol. The quantitative estimate of drug-likeness (QED) is 0.721. The van der Waals surface area contributed by atoms with Gasteiger partial charge in [0.15, 0.2) is 15.0 Å². The number of rotatable bonds is 6. The Hall–Kier alpha value is -1.47. The van der Waals surface area contributed by atoms with Gasteiger partial charge in [-0.1, -0.05) is 30.0 Å². The average Bonchev–Trinajstić information content (AvgIpc) is 3.01. The molecule has 7 heteroatoms. The van der Waals surface area contributed by atoms with Crippen LogP contribution in [0.4, 0.5) is 0 Å². The van der Waals surface area contributed by atoms with E-state index in [1.807, 2.05) is 18.2 Å². The minimum Gasteiger partial charge on any atom is -0.497 e. The first kappa shape index (κ1) is 17.4. The molecule has 1 aromatic rings. The van der Waals surface area contributed by atoms with Gasteiger partial charge in [0.25, 0.3) is 0 Å². The number of thioether (sulfide) groups is 1. The maximum Gasteiger partial charge on any atom is 0.160 e. The van der Waals surface area contributed by atoms with Crippen LogP contribution in [0.5, 0.6) is 5.75 Å². The van der Waals surface area contributed by atoms with Gasteiger partial charge < -0.3 is 9.64 Å². The highest BCUT2D eigenvalue weighted by Crippen LogP contribution is 2.31. The number of ether oxygens (including phenoxy) is 1. The number of sulfone groups is 1. The van der Waals surface area contributed by atoms with E-state index in [2.05, 4.69) is 28.6 Å². The van der Waals surface area contributed by atoms with Crippen molar-refractivity contribution in [1.29, 1.82) is 0 Å². The van der Waals surface area contributed by atoms with Crippen molar-refractivity contribution >= 4 is 26.8 Å². The molecule has 3 rings (SSSR count). The van der Waals surface area contributed by atoms with Gasteiger partial charge >= 0.3 is 0 Å². The number of methoxy groups -OCH3 is 1. The lowest BCUT2D eigenvalue weighted by Gasteiger charge is -2.24. The van der Waals surface area contributed by atoms with Crippen molar-refractivity contribution in [3.63, 3.8) is 0 Å². The summed E-state index contributed by atoms with van der Waals surface area (Å²) in [5.41, 5.74) is 1.25. The number of amidine groups is 1. The van der Waals surface area contributed by atoms with Crippen LogP contribution in [-0.2, 0) is 16.3 Å². The van der Waals surface area contributed by atoms with E-state index in [0.717, 1.165) is 23.1 Å². The highest BCUT2D eigenvalue weighted by atomic mass is 32.2. The van der Waals surface area contributed by atoms with Crippen molar-refractivity contribution in [3.8, 4) is 5.75 Å². The summed E-state index contributed by atoms with van der Waals surface area (Å²) in [6.07, 6.45) is 2.75. The van der Waals surface area contributed by atoms with E-state index in [1.54, 1.807) is 18.9 Å². The Morgan fingerprint density at radius 3 is 2.79 bits per heavy atom. The van der Waals surface area contributed by atoms with Crippen molar-refractivity contribution in [1.82, 2.24) is 4.90 Å². The van der Waals surface area contributed by atoms with Gasteiger partial charge in [-0.2, -0.15) is 0 Å². The molecule has 2 aliphatic rings. The Kier molecular flexibility index (Phi) is 5.20. The molecule has 0 bridgehead atoms. The Labute approximate surface area is 147 Å². The Morgan fingerprint density at radius 1 is 1.38 bits per heavy atom. The van der Waals surface area contributed by atoms with Crippen LogP contribution < -0.4 is 4.74 Å². The van der Waals surface area contributed by atoms with Crippen LogP contribution in [-0.4, -0.2) is 61.5 Å². The zero-order valence-corrected chi connectivity index (χ0v) is 15.4. The monoisotopic (exact) mass is 366 g/mol. The fraction of sp³-hybridized carbons (Fsp3) is 0.471. The fourth-order valence-corrected chi connectivity index (χ4v) is 6.10. The van der Waals surface area contributed by atoms with Gasteiger partial charge in [-0.25, -0.2) is 8.42 Å². The summed E-state index contributed by atoms with van der Waals surface area (Å²) in [7, 11) is -1.29. The molecule has 2 heterocycles. The van der Waals surface area contributed by atoms with E-state index < -0.39 is 9.84 Å². The average molecular weight is 367 g/mol. The maximum atomic E-state index is 11.8. The van der Waals surface area contributed by atoms with Crippen LogP contribution in [0, 0.1) is 0 Å². The molecule has 0 saturated carbocycles. The number of aliphatic imine (C=N–C) groups is 1. The summed E-state index contributed by atoms with van der Waals surface area (Å²) in [4.78, 5) is 6.76. The summed E-state index contributed by atoms with van der Waals surface area (Å²) in [6.45, 7) is 4.43. The molecule has 1 saturated heterocycles. The number of benzene rings is 1. The summed E-state index contributed by atoms with van der Waals surface area (Å²) in [6, 6.07) is 7.94. The lowest BCUT2D eigenvalue weighted by molar-refractivity contribution is 0.379. The van der Waals surface area contributed by atoms with Crippen LogP contribution in [0.25, 0.3) is 0 Å². The zero-order chi connectivity index (χ0) is 17.2. The second-order valence-corrected chi connectivity index (χ2v) is 9.23. The van der Waals surface area contributed by atoms with E-state index in [-0.39, 0.29) is 23.6 Å². The number of fused-ring (bicyclic) bond motifs is 1. The van der Waals surface area contributed by atoms with Crippen LogP contribution in [0.2, 0.25) is 0 Å². The molecule has 2 aliphatic heterocycles. The first-order chi connectivity index (χ1) is 11.5. The van der Waals surface area contributed by atoms with E-state index >= 15 is 0 Å². The summed E-state index contributed by atoms with van der Waals surface area (Å²) < 4.78 is 28.8. The van der Waals surface area contributed by atoms with Gasteiger partial charge in [0.05, 0.1) is 30.7 Å². The molecule has 1 fully saturated rings. The summed E-state index contributed by atoms with van der Waals surface area (Å²) in [5, 5.41) is 0.952. The number of nitrogens with zero attached hydrogens (tertiary/aromatic N) is 2. The molecule has 5 nitrogen and oxygen atoms in total. The predicted octanol–water partition coefficient (Wildman–Crippen LogP) is 1.99. The molecule has 0 radical (unpaired) electrons. The third-order valence-electron chi connectivity index (χ3n) is 4.32. The lowest BCUT2D eigenvalue weighted by Crippen LogP contribution is -2.39. The van der Waals surface area contributed by atoms with Gasteiger partial charge in [0.1, 0.15) is 5.75 Å². The van der Waals surface area contributed by atoms with E-state index in [0.29, 0.717) is 6.54 Å². The molecular formula is C17H22N2O3S2. The van der Waals surface area contributed by atoms with Crippen LogP contribution in [0.15, 0.2) is 41.9 Å². The van der Waals surface area contributed by atoms with E-state index in [1.165, 1.54) is 5.56 Å². The SMILES string of the molecule is C=CCN1C(SCCc2ccc(OC)cc2)=N[C@@H]2CS(=O)(=O)C[C@@H]21. The van der Waals surface area contributed by atoms with Crippen molar-refractivity contribution in [2.45, 2.75) is 18.5 Å². The van der Waals surface area contributed by atoms with Crippen molar-refractivity contribution in [2.75, 3.05) is 30.9 Å². The minimum atomic E-state index is -2.95. The normalized spacial score (nSPS) is 24.5. The molecule has 0 N–H and O–H groups in total. The molecule has 24 heavy (non-hydrogen) atoms. The lowest BCUT2D eigenvalue weighted by atomic mass is 10.2. The van der Waals surface area contributed by atoms with Crippen molar-refractivity contribution in [2.24, 2.45) is 4.99 Å². The van der Waals surface area contributed by atoms with Gasteiger partial charge in [-0.15, -0.1) is 6.58 Å². The molecule has 1 aromatic carbocycles. The molecule has 0 spiro atoms. The first-order valence-corrected chi connectivity index (χ1v) is 10.7. The molecule has 0 aliphatic carbocycles. The standard InChI is InChI=1S/C17H22N2O3S2/c1-3-9-19-16-12-24(20,21)11-15(16)18-17(19)23-10-8-13-4-6-14(22-2)7-5-13/h3-7,15-16H,1,8-12H2,2H3/t15-,16+/m1/s1. The third-order valence-corrected chi connectivity index (χ3v) is 7.03. The van der Waals surface area contributed by atoms with Gasteiger partial charge in [-0.3, -0.25) is 4.99 Å². The zero-order valence-electron chi connectivity index (χ0n) is 13.7. The van der Waals surface area contributed by atoms with Gasteiger partial charge in [0.2, 0.25) is 0 Å². The molecule has 0 amide bonds. The van der Waals surface area contributed by atoms with Gasteiger partial charge in [0, 0.05) is 12.3 Å². The fourth-order valence-electron chi connectivity index (χ4n) is 3.11. The molecule has 2 atom stereocenters. The second-order valence-electron chi connectivity index (χ2n) is 6.01.